The van der Waals surface area contributed by atoms with Crippen molar-refractivity contribution in [2.24, 2.45) is 17.3 Å². The maximum Gasteiger partial charge on any atom is 0.112 e. The molecule has 1 saturated carbocycles. The average molecular weight is 568 g/mol. The number of hydrogen-bond acceptors (Lipinski definition) is 5. The molecule has 6 heterocycles. The average Bonchev–Trinajstić information content (AvgIpc) is 3.61. The number of piperidine rings is 1. The Hall–Kier alpha value is -2.38. The van der Waals surface area contributed by atoms with Crippen molar-refractivity contribution in [3.8, 4) is 0 Å². The van der Waals surface area contributed by atoms with Crippen LogP contribution in [-0.4, -0.2) is 65.4 Å². The van der Waals surface area contributed by atoms with E-state index >= 15 is 0 Å². The number of epoxide rings is 1. The Morgan fingerprint density at radius 2 is 1.71 bits per heavy atom. The molecular formula is C36H47N4O2-. The smallest absolute Gasteiger partial charge is 0.112 e. The lowest BCUT2D eigenvalue weighted by Crippen LogP contribution is -2.69. The molecule has 3 fully saturated rings. The molecule has 6 heteroatoms. The molecule has 2 saturated heterocycles. The van der Waals surface area contributed by atoms with Gasteiger partial charge in [-0.25, -0.2) is 0 Å². The van der Waals surface area contributed by atoms with Gasteiger partial charge in [0.15, 0.2) is 0 Å². The maximum absolute atomic E-state index is 14.1. The minimum Gasteiger partial charge on any atom is -0.758 e. The monoisotopic (exact) mass is 567 g/mol. The number of nitrogens with one attached hydrogen (secondary N) is 2. The van der Waals surface area contributed by atoms with E-state index in [1.54, 1.807) is 0 Å². The molecule has 3 bridgehead atoms. The number of benzene rings is 1. The highest BCUT2D eigenvalue weighted by molar-refractivity contribution is 5.82. The number of nitrogens with zero attached hydrogens (tertiary/aromatic N) is 2. The number of fused-ring (bicyclic) bond motifs is 4. The summed E-state index contributed by atoms with van der Waals surface area (Å²) in [5.41, 5.74) is 1.93. The summed E-state index contributed by atoms with van der Waals surface area (Å²) in [5, 5.41) is 23.1. The zero-order chi connectivity index (χ0) is 28.1. The Balaban J connectivity index is 1.33. The van der Waals surface area contributed by atoms with E-state index in [1.165, 1.54) is 60.7 Å². The van der Waals surface area contributed by atoms with Gasteiger partial charge in [-0.15, -0.1) is 0 Å². The molecule has 1 aromatic carbocycles. The highest BCUT2D eigenvalue weighted by atomic mass is 16.6. The number of aromatic amines is 1. The van der Waals surface area contributed by atoms with Crippen molar-refractivity contribution >= 4 is 22.7 Å². The van der Waals surface area contributed by atoms with E-state index in [4.69, 9.17) is 4.74 Å². The van der Waals surface area contributed by atoms with Gasteiger partial charge in [-0.2, -0.15) is 0 Å². The molecule has 7 atom stereocenters. The molecule has 6 nitrogen and oxygen atoms in total. The molecule has 2 aromatic rings. The molecule has 0 radical (unpaired) electrons. The molecule has 5 aliphatic heterocycles. The largest absolute Gasteiger partial charge is 0.758 e. The van der Waals surface area contributed by atoms with Gasteiger partial charge in [0.2, 0.25) is 0 Å². The Morgan fingerprint density at radius 1 is 0.905 bits per heavy atom. The van der Waals surface area contributed by atoms with Crippen LogP contribution < -0.4 is 15.9 Å². The molecular weight excluding hydrogens is 520 g/mol. The van der Waals surface area contributed by atoms with Crippen molar-refractivity contribution in [3.63, 3.8) is 0 Å². The van der Waals surface area contributed by atoms with Gasteiger partial charge in [0.1, 0.15) is 5.60 Å². The second kappa shape index (κ2) is 11.0. The highest BCUT2D eigenvalue weighted by Gasteiger charge is 2.75. The molecule has 6 aliphatic rings. The van der Waals surface area contributed by atoms with E-state index in [0.717, 1.165) is 68.3 Å². The van der Waals surface area contributed by atoms with Crippen molar-refractivity contribution in [2.45, 2.75) is 88.4 Å². The normalized spacial score (nSPS) is 40.2. The van der Waals surface area contributed by atoms with E-state index in [2.05, 4.69) is 69.8 Å². The SMILES string of the molecule is [O-]N1CC=c2c([nH]c3ccccc23)=C1[C@H]1[C@@H]2CCN3CCCC/C=C\CC[C@@]4(O[C@@H]14)[C@@H]1NCCCC/C=C\CC[C@@]12C3. The quantitative estimate of drug-likeness (QED) is 0.377. The fourth-order valence-corrected chi connectivity index (χ4v) is 9.90. The number of hydroxylamine groups is 2. The molecule has 224 valence electrons. The number of rotatable bonds is 1. The van der Waals surface area contributed by atoms with E-state index in [0.29, 0.717) is 18.5 Å². The van der Waals surface area contributed by atoms with E-state index in [-0.39, 0.29) is 23.0 Å². The summed E-state index contributed by atoms with van der Waals surface area (Å²) >= 11 is 0. The lowest BCUT2D eigenvalue weighted by atomic mass is 9.50. The Bertz CT molecular complexity index is 1490. The van der Waals surface area contributed by atoms with Crippen LogP contribution in [0.25, 0.3) is 22.7 Å². The molecule has 42 heavy (non-hydrogen) atoms. The number of allylic oxidation sites excluding steroid dienone is 4. The van der Waals surface area contributed by atoms with Crippen molar-refractivity contribution in [2.75, 3.05) is 32.7 Å². The third-order valence-electron chi connectivity index (χ3n) is 11.7. The van der Waals surface area contributed by atoms with E-state index < -0.39 is 0 Å². The standard InChI is InChI=1S/C36H47N4O2/c41-40-24-17-27-26-15-9-10-16-29(26)38-31(27)32(40)30-28-18-23-39-22-14-8-4-2-6-12-20-36(33(30)42-36)34-35(28,25-39)19-11-5-1-3-7-13-21-37-34/h1-2,5-6,9-10,15-17,28,30,33-34,37-38H,3-4,7-8,11-14,18-25H2/q-1/b5-1-,6-2-/t28-,30+,33-,34+,35-,36-/m0/s1. The second-order valence-corrected chi connectivity index (χ2v) is 13.9. The van der Waals surface area contributed by atoms with Gasteiger partial charge in [-0.3, -0.25) is 0 Å². The van der Waals surface area contributed by atoms with Crippen LogP contribution in [0.1, 0.15) is 70.6 Å². The minimum atomic E-state index is -0.221. The first kappa shape index (κ1) is 27.2. The maximum atomic E-state index is 14.1. The van der Waals surface area contributed by atoms with Crippen LogP contribution in [0.4, 0.5) is 0 Å². The fourth-order valence-electron chi connectivity index (χ4n) is 9.90. The number of ether oxygens (including phenoxy) is 1. The van der Waals surface area contributed by atoms with Crippen LogP contribution >= 0.6 is 0 Å². The van der Waals surface area contributed by atoms with Gasteiger partial charge in [0, 0.05) is 52.3 Å². The van der Waals surface area contributed by atoms with Gasteiger partial charge in [0.25, 0.3) is 0 Å². The van der Waals surface area contributed by atoms with Crippen molar-refractivity contribution in [1.29, 1.82) is 0 Å². The van der Waals surface area contributed by atoms with Gasteiger partial charge in [0.05, 0.1) is 11.5 Å². The molecule has 0 amide bonds. The first-order chi connectivity index (χ1) is 20.7. The summed E-state index contributed by atoms with van der Waals surface area (Å²) in [6.45, 7) is 4.88. The van der Waals surface area contributed by atoms with E-state index in [1.807, 2.05) is 0 Å². The number of H-pyrrole nitrogens is 1. The van der Waals surface area contributed by atoms with Gasteiger partial charge in [-0.1, -0.05) is 48.6 Å². The summed E-state index contributed by atoms with van der Waals surface area (Å²) in [6, 6.07) is 8.86. The number of para-hydroxylation sites is 1. The van der Waals surface area contributed by atoms with Crippen LogP contribution in [0.2, 0.25) is 0 Å². The molecule has 8 rings (SSSR count). The fraction of sp³-hybridized carbons (Fsp3) is 0.611. The van der Waals surface area contributed by atoms with Crippen LogP contribution in [0.3, 0.4) is 0 Å². The summed E-state index contributed by atoms with van der Waals surface area (Å²) < 4.78 is 7.15. The van der Waals surface area contributed by atoms with Crippen LogP contribution in [0.15, 0.2) is 48.6 Å². The molecule has 2 N–H and O–H groups in total. The topological polar surface area (TPSA) is 69.9 Å². The van der Waals surface area contributed by atoms with Gasteiger partial charge < -0.3 is 30.2 Å². The van der Waals surface area contributed by atoms with E-state index in [9.17, 15) is 5.21 Å². The molecule has 2 spiro atoms. The number of hydrogen-bond donors (Lipinski definition) is 2. The zero-order valence-electron chi connectivity index (χ0n) is 25.0. The Labute approximate surface area is 250 Å². The first-order valence-electron chi connectivity index (χ1n) is 16.9. The molecule has 1 unspecified atom stereocenters. The lowest BCUT2D eigenvalue weighted by molar-refractivity contribution is -0.0636. The summed E-state index contributed by atoms with van der Waals surface area (Å²) in [5.74, 6) is 0.511. The highest BCUT2D eigenvalue weighted by Crippen LogP contribution is 2.66. The van der Waals surface area contributed by atoms with Crippen molar-refractivity contribution in [1.82, 2.24) is 20.3 Å². The third-order valence-corrected chi connectivity index (χ3v) is 11.7. The van der Waals surface area contributed by atoms with Crippen LogP contribution in [-0.2, 0) is 4.74 Å². The van der Waals surface area contributed by atoms with Crippen LogP contribution in [0.5, 0.6) is 0 Å². The Morgan fingerprint density at radius 3 is 2.62 bits per heavy atom. The van der Waals surface area contributed by atoms with Gasteiger partial charge >= 0.3 is 0 Å². The summed E-state index contributed by atoms with van der Waals surface area (Å²) in [7, 11) is 0. The number of aromatic nitrogens is 1. The molecule has 1 aliphatic carbocycles. The van der Waals surface area contributed by atoms with Crippen molar-refractivity contribution in [3.05, 3.63) is 64.3 Å². The predicted molar refractivity (Wildman–Crippen MR) is 170 cm³/mol. The third kappa shape index (κ3) is 4.36. The van der Waals surface area contributed by atoms with Gasteiger partial charge in [-0.05, 0) is 102 Å². The predicted octanol–water partition coefficient (Wildman–Crippen LogP) is 4.94. The van der Waals surface area contributed by atoms with Crippen molar-refractivity contribution < 1.29 is 4.74 Å². The zero-order valence-corrected chi connectivity index (χ0v) is 25.0. The summed E-state index contributed by atoms with van der Waals surface area (Å²) in [6.07, 6.45) is 24.7. The summed E-state index contributed by atoms with van der Waals surface area (Å²) in [4.78, 5) is 6.52. The Kier molecular flexibility index (Phi) is 7.09. The first-order valence-corrected chi connectivity index (χ1v) is 16.9. The van der Waals surface area contributed by atoms with Crippen LogP contribution in [0, 0.1) is 22.5 Å². The molecule has 1 aromatic heterocycles. The second-order valence-electron chi connectivity index (χ2n) is 13.9. The lowest BCUT2D eigenvalue weighted by Gasteiger charge is -2.60. The minimum absolute atomic E-state index is 0.0591.